The number of rotatable bonds is 0. The standard InChI is InChI=1S/2Na.3O.Pb/q2*+1;;2*-1;. The Morgan fingerprint density at radius 3 is 1.17 bits per heavy atom. The van der Waals surface area contributed by atoms with Crippen molar-refractivity contribution in [3.05, 3.63) is 0 Å². The van der Waals surface area contributed by atoms with Gasteiger partial charge in [-0.2, -0.15) is 0 Å². The van der Waals surface area contributed by atoms with Crippen LogP contribution in [0.4, 0.5) is 0 Å². The molecule has 0 unspecified atom stereocenters. The monoisotopic (exact) mass is 302 g/mol. The van der Waals surface area contributed by atoms with Gasteiger partial charge < -0.3 is 0 Å². The second kappa shape index (κ2) is 10.6. The maximum atomic E-state index is 8.63. The van der Waals surface area contributed by atoms with Crippen molar-refractivity contribution in [3.8, 4) is 0 Å². The van der Waals surface area contributed by atoms with E-state index >= 15 is 0 Å². The van der Waals surface area contributed by atoms with Crippen molar-refractivity contribution < 1.29 is 67.9 Å². The van der Waals surface area contributed by atoms with Crippen LogP contribution >= 0.6 is 0 Å². The molecular weight excluding hydrogens is 301 g/mol. The zero-order valence-corrected chi connectivity index (χ0v) is 11.6. The Morgan fingerprint density at radius 1 is 1.17 bits per heavy atom. The van der Waals surface area contributed by atoms with Gasteiger partial charge in [0.2, 0.25) is 0 Å². The van der Waals surface area contributed by atoms with Crippen molar-refractivity contribution in [1.82, 2.24) is 0 Å². The molecule has 0 aliphatic heterocycles. The van der Waals surface area contributed by atoms with Gasteiger partial charge in [0, 0.05) is 0 Å². The second-order valence-electron chi connectivity index (χ2n) is 0.250. The summed E-state index contributed by atoms with van der Waals surface area (Å²) in [5, 5.41) is 0. The first-order chi connectivity index (χ1) is 1.73. The Bertz CT molecular complexity index is 31.8. The van der Waals surface area contributed by atoms with Gasteiger partial charge in [-0.1, -0.05) is 0 Å². The molecule has 0 aromatic heterocycles. The zero-order valence-electron chi connectivity index (χ0n) is 3.72. The summed E-state index contributed by atoms with van der Waals surface area (Å²) in [5.74, 6) is 0. The van der Waals surface area contributed by atoms with Gasteiger partial charge in [-0.25, -0.2) is 0 Å². The molecule has 0 aromatic carbocycles. The van der Waals surface area contributed by atoms with E-state index in [9.17, 15) is 0 Å². The Kier molecular flexibility index (Phi) is 28.0. The van der Waals surface area contributed by atoms with Crippen LogP contribution in [0.1, 0.15) is 0 Å². The van der Waals surface area contributed by atoms with Crippen molar-refractivity contribution in [1.29, 1.82) is 0 Å². The van der Waals surface area contributed by atoms with Crippen LogP contribution in [-0.2, 0) is 2.69 Å². The molecule has 3 nitrogen and oxygen atoms in total. The van der Waals surface area contributed by atoms with Crippen LogP contribution in [-0.4, -0.2) is 23.6 Å². The SMILES string of the molecule is [Na+].[Na+].[O]=[Pb]([O-])[O-]. The van der Waals surface area contributed by atoms with E-state index in [-0.39, 0.29) is 59.1 Å². The zero-order chi connectivity index (χ0) is 3.58. The third kappa shape index (κ3) is 30.3. The summed E-state index contributed by atoms with van der Waals surface area (Å²) >= 11 is -4.41. The van der Waals surface area contributed by atoms with Crippen LogP contribution in [0.15, 0.2) is 0 Å². The van der Waals surface area contributed by atoms with Crippen molar-refractivity contribution in [2.24, 2.45) is 0 Å². The molecule has 6 heavy (non-hydrogen) atoms. The predicted molar refractivity (Wildman–Crippen MR) is 6.44 cm³/mol. The van der Waals surface area contributed by atoms with Crippen LogP contribution in [0.3, 0.4) is 0 Å². The minimum atomic E-state index is -4.41. The average Bonchev–Trinajstić information content (AvgIpc) is 0.811. The van der Waals surface area contributed by atoms with Crippen molar-refractivity contribution >= 4 is 23.6 Å². The Balaban J connectivity index is -0.0000000450. The topological polar surface area (TPSA) is 63.2 Å². The van der Waals surface area contributed by atoms with Crippen molar-refractivity contribution in [2.45, 2.75) is 0 Å². The van der Waals surface area contributed by atoms with Gasteiger partial charge in [-0.05, 0) is 0 Å². The summed E-state index contributed by atoms with van der Waals surface area (Å²) in [6.07, 6.45) is 0. The van der Waals surface area contributed by atoms with Gasteiger partial charge in [0.25, 0.3) is 0 Å². The van der Waals surface area contributed by atoms with E-state index in [1.807, 2.05) is 0 Å². The molecule has 0 fully saturated rings. The number of hydrogen-bond acceptors (Lipinski definition) is 3. The molecule has 0 saturated heterocycles. The molecule has 0 spiro atoms. The Hall–Kier alpha value is 2.64. The van der Waals surface area contributed by atoms with Gasteiger partial charge in [-0.3, -0.25) is 0 Å². The summed E-state index contributed by atoms with van der Waals surface area (Å²) in [6.45, 7) is 0. The average molecular weight is 301 g/mol. The molecule has 0 rings (SSSR count). The van der Waals surface area contributed by atoms with E-state index in [1.54, 1.807) is 0 Å². The normalized spacial score (nSPS) is 4.33. The van der Waals surface area contributed by atoms with Crippen LogP contribution in [0.2, 0.25) is 0 Å². The molecule has 0 saturated carbocycles. The minimum absolute atomic E-state index is 0. The van der Waals surface area contributed by atoms with E-state index < -0.39 is 23.6 Å². The van der Waals surface area contributed by atoms with E-state index in [2.05, 4.69) is 0 Å². The molecule has 0 heterocycles. The maximum absolute atomic E-state index is 8.63. The van der Waals surface area contributed by atoms with Crippen molar-refractivity contribution in [3.63, 3.8) is 0 Å². The predicted octanol–water partition coefficient (Wildman–Crippen LogP) is -8.87. The molecule has 6 heteroatoms. The third-order valence-electron chi connectivity index (χ3n) is 0. The fourth-order valence-electron chi connectivity index (χ4n) is 0. The van der Waals surface area contributed by atoms with Gasteiger partial charge in [0.05, 0.1) is 0 Å². The first kappa shape index (κ1) is 15.9. The van der Waals surface area contributed by atoms with Crippen LogP contribution in [0, 0.1) is 0 Å². The first-order valence-electron chi connectivity index (χ1n) is 0.612. The molecule has 0 bridgehead atoms. The van der Waals surface area contributed by atoms with Crippen molar-refractivity contribution in [2.75, 3.05) is 0 Å². The summed E-state index contributed by atoms with van der Waals surface area (Å²) in [5.41, 5.74) is 0. The van der Waals surface area contributed by atoms with Gasteiger partial charge >= 0.3 is 91.5 Å². The van der Waals surface area contributed by atoms with Crippen LogP contribution in [0.5, 0.6) is 0 Å². The Labute approximate surface area is 89.6 Å². The number of hydrogen-bond donors (Lipinski definition) is 0. The third-order valence-corrected chi connectivity index (χ3v) is 0. The summed E-state index contributed by atoms with van der Waals surface area (Å²) in [4.78, 5) is 0. The Morgan fingerprint density at radius 2 is 1.17 bits per heavy atom. The molecule has 0 radical (unpaired) electrons. The van der Waals surface area contributed by atoms with Gasteiger partial charge in [0.15, 0.2) is 0 Å². The van der Waals surface area contributed by atoms with Crippen LogP contribution < -0.4 is 65.2 Å². The summed E-state index contributed by atoms with van der Waals surface area (Å²) < 4.78 is 25.9. The van der Waals surface area contributed by atoms with E-state index in [1.165, 1.54) is 0 Å². The second-order valence-corrected chi connectivity index (χ2v) is 2.19. The molecule has 0 aliphatic rings. The van der Waals surface area contributed by atoms with E-state index in [0.717, 1.165) is 0 Å². The first-order valence-corrected chi connectivity index (χ1v) is 5.37. The van der Waals surface area contributed by atoms with Crippen LogP contribution in [0.25, 0.3) is 0 Å². The quantitative estimate of drug-likeness (QED) is 0.418. The van der Waals surface area contributed by atoms with Gasteiger partial charge in [0.1, 0.15) is 0 Å². The van der Waals surface area contributed by atoms with E-state index in [0.29, 0.717) is 0 Å². The fraction of sp³-hybridized carbons (Fsp3) is 0. The summed E-state index contributed by atoms with van der Waals surface area (Å²) in [7, 11) is 0. The molecule has 0 aliphatic carbocycles. The molecule has 0 atom stereocenters. The molecular formula is Na2O3Pb. The molecule has 0 N–H and O–H groups in total. The fourth-order valence-corrected chi connectivity index (χ4v) is 0. The van der Waals surface area contributed by atoms with Gasteiger partial charge in [-0.15, -0.1) is 0 Å². The molecule has 0 amide bonds. The molecule has 0 aromatic rings. The van der Waals surface area contributed by atoms with E-state index in [4.69, 9.17) is 8.80 Å². The molecule has 24 valence electrons. The summed E-state index contributed by atoms with van der Waals surface area (Å²) in [6, 6.07) is 0.